The van der Waals surface area contributed by atoms with E-state index in [1.54, 1.807) is 18.2 Å². The summed E-state index contributed by atoms with van der Waals surface area (Å²) in [5, 5.41) is 3.24. The number of nitrogens with zero attached hydrogens (tertiary/aromatic N) is 1. The van der Waals surface area contributed by atoms with Crippen molar-refractivity contribution < 1.29 is 19.0 Å². The molecule has 2 aromatic carbocycles. The molecule has 0 atom stereocenters. The van der Waals surface area contributed by atoms with Gasteiger partial charge in [0.25, 0.3) is 0 Å². The molecule has 5 nitrogen and oxygen atoms in total. The predicted molar refractivity (Wildman–Crippen MR) is 101 cm³/mol. The first-order valence-electron chi connectivity index (χ1n) is 7.71. The first-order valence-corrected chi connectivity index (χ1v) is 8.97. The lowest BCUT2D eigenvalue weighted by molar-refractivity contribution is 0.0461. The number of ether oxygens (including phenoxy) is 3. The predicted octanol–water partition coefficient (Wildman–Crippen LogP) is 4.84. The fraction of sp³-hybridized carbons (Fsp3) is 0.158. The van der Waals surface area contributed by atoms with E-state index in [4.69, 9.17) is 25.8 Å². The number of benzene rings is 2. The Morgan fingerprint density at radius 3 is 2.42 bits per heavy atom. The number of hydrogen-bond donors (Lipinski definition) is 0. The Labute approximate surface area is 160 Å². The maximum Gasteiger partial charge on any atom is 0.346 e. The number of carbonyl (C=O) groups is 1. The van der Waals surface area contributed by atoms with Crippen molar-refractivity contribution in [2.75, 3.05) is 14.2 Å². The molecule has 0 N–H and O–H groups in total. The van der Waals surface area contributed by atoms with Crippen LogP contribution in [0.4, 0.5) is 0 Å². The van der Waals surface area contributed by atoms with Crippen LogP contribution < -0.4 is 9.47 Å². The maximum absolute atomic E-state index is 12.5. The summed E-state index contributed by atoms with van der Waals surface area (Å²) < 4.78 is 15.8. The highest BCUT2D eigenvalue weighted by atomic mass is 35.5. The average molecular weight is 390 g/mol. The summed E-state index contributed by atoms with van der Waals surface area (Å²) in [5.74, 6) is 0.250. The van der Waals surface area contributed by atoms with Crippen molar-refractivity contribution in [3.63, 3.8) is 0 Å². The lowest BCUT2D eigenvalue weighted by Gasteiger charge is -2.11. The number of carbonyl (C=O) groups excluding carboxylic acids is 1. The van der Waals surface area contributed by atoms with Gasteiger partial charge in [-0.2, -0.15) is 0 Å². The minimum atomic E-state index is -0.536. The maximum atomic E-state index is 12.5. The van der Waals surface area contributed by atoms with Crippen molar-refractivity contribution in [3.05, 3.63) is 64.1 Å². The van der Waals surface area contributed by atoms with Crippen molar-refractivity contribution in [2.45, 2.75) is 6.61 Å². The molecule has 0 radical (unpaired) electrons. The molecule has 3 aromatic rings. The van der Waals surface area contributed by atoms with Gasteiger partial charge in [-0.25, -0.2) is 9.78 Å². The van der Waals surface area contributed by atoms with E-state index < -0.39 is 5.97 Å². The first kappa shape index (κ1) is 18.2. The Morgan fingerprint density at radius 1 is 1.08 bits per heavy atom. The van der Waals surface area contributed by atoms with Gasteiger partial charge in [0.1, 0.15) is 28.7 Å². The van der Waals surface area contributed by atoms with E-state index in [9.17, 15) is 4.79 Å². The largest absolute Gasteiger partial charge is 0.496 e. The zero-order chi connectivity index (χ0) is 18.5. The van der Waals surface area contributed by atoms with E-state index in [1.165, 1.54) is 25.6 Å². The van der Waals surface area contributed by atoms with Gasteiger partial charge in [0.15, 0.2) is 0 Å². The molecule has 7 heteroatoms. The Kier molecular flexibility index (Phi) is 5.75. The fourth-order valence-electron chi connectivity index (χ4n) is 2.40. The molecule has 0 unspecified atom stereocenters. The monoisotopic (exact) mass is 389 g/mol. The van der Waals surface area contributed by atoms with Crippen molar-refractivity contribution in [1.82, 2.24) is 4.98 Å². The van der Waals surface area contributed by atoms with Gasteiger partial charge in [-0.1, -0.05) is 35.9 Å². The van der Waals surface area contributed by atoms with E-state index in [2.05, 4.69) is 4.98 Å². The van der Waals surface area contributed by atoms with Crippen LogP contribution in [-0.2, 0) is 11.3 Å². The molecule has 0 saturated carbocycles. The van der Waals surface area contributed by atoms with E-state index >= 15 is 0 Å². The van der Waals surface area contributed by atoms with Crippen molar-refractivity contribution in [1.29, 1.82) is 0 Å². The molecule has 0 aliphatic carbocycles. The summed E-state index contributed by atoms with van der Waals surface area (Å²) in [7, 11) is 2.98. The van der Waals surface area contributed by atoms with Gasteiger partial charge in [-0.3, -0.25) is 0 Å². The van der Waals surface area contributed by atoms with Gasteiger partial charge in [0.05, 0.1) is 24.9 Å². The lowest BCUT2D eigenvalue weighted by Crippen LogP contribution is -2.09. The molecule has 1 heterocycles. The summed E-state index contributed by atoms with van der Waals surface area (Å²) in [6.07, 6.45) is 0. The van der Waals surface area contributed by atoms with Crippen LogP contribution in [0, 0.1) is 0 Å². The minimum absolute atomic E-state index is 0.0426. The van der Waals surface area contributed by atoms with E-state index in [-0.39, 0.29) is 12.2 Å². The van der Waals surface area contributed by atoms with Gasteiger partial charge in [-0.15, -0.1) is 11.3 Å². The molecule has 26 heavy (non-hydrogen) atoms. The zero-order valence-electron chi connectivity index (χ0n) is 14.2. The standard InChI is InChI=1S/C19H16ClNO4S/c1-23-15-8-5-9-16(24-2)17(15)19(22)25-10-12-11-26-18(21-12)13-6-3-4-7-14(13)20/h3-9,11H,10H2,1-2H3. The topological polar surface area (TPSA) is 57.7 Å². The number of hydrogen-bond acceptors (Lipinski definition) is 6. The van der Waals surface area contributed by atoms with E-state index in [0.29, 0.717) is 22.2 Å². The molecule has 3 rings (SSSR count). The van der Waals surface area contributed by atoms with Gasteiger partial charge in [0.2, 0.25) is 0 Å². The number of thiazole rings is 1. The Morgan fingerprint density at radius 2 is 1.77 bits per heavy atom. The zero-order valence-corrected chi connectivity index (χ0v) is 15.8. The van der Waals surface area contributed by atoms with E-state index in [0.717, 1.165) is 10.6 Å². The highest BCUT2D eigenvalue weighted by molar-refractivity contribution is 7.13. The average Bonchev–Trinajstić information content (AvgIpc) is 3.14. The Hall–Kier alpha value is -2.57. The van der Waals surface area contributed by atoms with Crippen LogP contribution in [0.25, 0.3) is 10.6 Å². The van der Waals surface area contributed by atoms with Gasteiger partial charge in [0, 0.05) is 10.9 Å². The second-order valence-electron chi connectivity index (χ2n) is 5.24. The van der Waals surface area contributed by atoms with Crippen LogP contribution in [-0.4, -0.2) is 25.2 Å². The first-order chi connectivity index (χ1) is 12.6. The summed E-state index contributed by atoms with van der Waals surface area (Å²) in [5.41, 5.74) is 1.74. The minimum Gasteiger partial charge on any atom is -0.496 e. The van der Waals surface area contributed by atoms with Crippen LogP contribution in [0.3, 0.4) is 0 Å². The highest BCUT2D eigenvalue weighted by Crippen LogP contribution is 2.31. The number of rotatable bonds is 6. The van der Waals surface area contributed by atoms with Gasteiger partial charge < -0.3 is 14.2 Å². The molecule has 0 fully saturated rings. The molecule has 0 aliphatic rings. The number of aromatic nitrogens is 1. The molecule has 0 amide bonds. The summed E-state index contributed by atoms with van der Waals surface area (Å²) in [6, 6.07) is 12.6. The smallest absolute Gasteiger partial charge is 0.346 e. The second kappa shape index (κ2) is 8.21. The highest BCUT2D eigenvalue weighted by Gasteiger charge is 2.20. The van der Waals surface area contributed by atoms with Crippen LogP contribution in [0.1, 0.15) is 16.1 Å². The Balaban J connectivity index is 1.75. The Bertz CT molecular complexity index is 903. The quantitative estimate of drug-likeness (QED) is 0.565. The normalized spacial score (nSPS) is 10.4. The summed E-state index contributed by atoms with van der Waals surface area (Å²) in [4.78, 5) is 17.0. The number of methoxy groups -OCH3 is 2. The molecule has 134 valence electrons. The van der Waals surface area contributed by atoms with Crippen LogP contribution in [0.5, 0.6) is 11.5 Å². The third-order valence-electron chi connectivity index (χ3n) is 3.64. The van der Waals surface area contributed by atoms with Crippen molar-refractivity contribution in [2.24, 2.45) is 0 Å². The van der Waals surface area contributed by atoms with Crippen LogP contribution in [0.2, 0.25) is 5.02 Å². The van der Waals surface area contributed by atoms with Crippen LogP contribution in [0.15, 0.2) is 47.8 Å². The molecular formula is C19H16ClNO4S. The summed E-state index contributed by atoms with van der Waals surface area (Å²) >= 11 is 7.64. The summed E-state index contributed by atoms with van der Waals surface area (Å²) in [6.45, 7) is 0.0426. The number of esters is 1. The molecule has 0 bridgehead atoms. The molecule has 0 saturated heterocycles. The van der Waals surface area contributed by atoms with Crippen LogP contribution >= 0.6 is 22.9 Å². The van der Waals surface area contributed by atoms with Gasteiger partial charge >= 0.3 is 5.97 Å². The van der Waals surface area contributed by atoms with Crippen molar-refractivity contribution in [3.8, 4) is 22.1 Å². The third kappa shape index (κ3) is 3.81. The molecule has 0 aliphatic heterocycles. The van der Waals surface area contributed by atoms with Crippen molar-refractivity contribution >= 4 is 28.9 Å². The van der Waals surface area contributed by atoms with Gasteiger partial charge in [-0.05, 0) is 18.2 Å². The number of halogens is 1. The van der Waals surface area contributed by atoms with E-state index in [1.807, 2.05) is 29.6 Å². The third-order valence-corrected chi connectivity index (χ3v) is 4.89. The molecule has 1 aromatic heterocycles. The SMILES string of the molecule is COc1cccc(OC)c1C(=O)OCc1csc(-c2ccccc2Cl)n1. The second-order valence-corrected chi connectivity index (χ2v) is 6.50. The molecular weight excluding hydrogens is 374 g/mol. The molecule has 0 spiro atoms. The lowest BCUT2D eigenvalue weighted by atomic mass is 10.2. The fourth-order valence-corrected chi connectivity index (χ4v) is 3.52.